The Labute approximate surface area is 133 Å². The van der Waals surface area contributed by atoms with E-state index in [2.05, 4.69) is 18.5 Å². The van der Waals surface area contributed by atoms with Crippen LogP contribution in [0.3, 0.4) is 0 Å². The molecular formula is C18H27NO3. The van der Waals surface area contributed by atoms with Crippen LogP contribution in [0.4, 0.5) is 0 Å². The number of aliphatic imine (C=N–C) groups is 1. The first-order valence-corrected chi connectivity index (χ1v) is 8.11. The predicted octanol–water partition coefficient (Wildman–Crippen LogP) is 4.01. The molecule has 4 nitrogen and oxygen atoms in total. The molecule has 0 N–H and O–H groups in total. The van der Waals surface area contributed by atoms with Crippen molar-refractivity contribution in [2.45, 2.75) is 58.8 Å². The molecule has 0 aromatic rings. The number of carbonyl (C=O) groups is 2. The number of hydrogen-bond donors (Lipinski definition) is 0. The fraction of sp³-hybridized carbons (Fsp3) is 0.611. The highest BCUT2D eigenvalue weighted by Crippen LogP contribution is 2.27. The van der Waals surface area contributed by atoms with Crippen molar-refractivity contribution >= 4 is 17.7 Å². The highest BCUT2D eigenvalue weighted by Gasteiger charge is 2.26. The highest BCUT2D eigenvalue weighted by molar-refractivity contribution is 6.13. The highest BCUT2D eigenvalue weighted by atomic mass is 16.6. The van der Waals surface area contributed by atoms with Crippen LogP contribution in [0.15, 0.2) is 28.8 Å². The zero-order valence-electron chi connectivity index (χ0n) is 14.0. The molecule has 1 unspecified atom stereocenters. The molecule has 22 heavy (non-hydrogen) atoms. The van der Waals surface area contributed by atoms with Gasteiger partial charge in [0.15, 0.2) is 0 Å². The van der Waals surface area contributed by atoms with Gasteiger partial charge in [-0.15, -0.1) is 0 Å². The Morgan fingerprint density at radius 2 is 2.00 bits per heavy atom. The van der Waals surface area contributed by atoms with Gasteiger partial charge in [-0.1, -0.05) is 46.1 Å². The lowest BCUT2D eigenvalue weighted by Gasteiger charge is -2.21. The van der Waals surface area contributed by atoms with E-state index in [-0.39, 0.29) is 5.92 Å². The Morgan fingerprint density at radius 3 is 2.64 bits per heavy atom. The lowest BCUT2D eigenvalue weighted by Crippen LogP contribution is -2.23. The number of allylic oxidation sites excluding steroid dienone is 2. The molecule has 1 aliphatic carbocycles. The zero-order valence-corrected chi connectivity index (χ0v) is 14.0. The Morgan fingerprint density at radius 1 is 1.32 bits per heavy atom. The van der Waals surface area contributed by atoms with Gasteiger partial charge < -0.3 is 4.74 Å². The summed E-state index contributed by atoms with van der Waals surface area (Å²) in [7, 11) is 1.66. The summed E-state index contributed by atoms with van der Waals surface area (Å²) < 4.78 is 4.96. The van der Waals surface area contributed by atoms with Gasteiger partial charge in [0.25, 0.3) is 0 Å². The third kappa shape index (κ3) is 5.58. The van der Waals surface area contributed by atoms with Gasteiger partial charge >= 0.3 is 11.9 Å². The van der Waals surface area contributed by atoms with Gasteiger partial charge in [0.2, 0.25) is 0 Å². The van der Waals surface area contributed by atoms with Gasteiger partial charge in [-0.3, -0.25) is 9.79 Å². The van der Waals surface area contributed by atoms with Crippen molar-refractivity contribution in [2.24, 2.45) is 10.9 Å². The van der Waals surface area contributed by atoms with E-state index < -0.39 is 11.9 Å². The van der Waals surface area contributed by atoms with E-state index in [0.717, 1.165) is 24.8 Å². The Bertz CT molecular complexity index is 489. The minimum Gasteiger partial charge on any atom is -0.390 e. The van der Waals surface area contributed by atoms with E-state index >= 15 is 0 Å². The molecule has 4 heteroatoms. The van der Waals surface area contributed by atoms with Crippen LogP contribution in [0.2, 0.25) is 0 Å². The summed E-state index contributed by atoms with van der Waals surface area (Å²) in [6.07, 6.45) is 7.91. The van der Waals surface area contributed by atoms with Gasteiger partial charge in [0.05, 0.1) is 5.71 Å². The summed E-state index contributed by atoms with van der Waals surface area (Å²) >= 11 is 0. The number of nitrogens with zero attached hydrogens (tertiary/aromatic N) is 1. The Balaban J connectivity index is 2.50. The first-order valence-electron chi connectivity index (χ1n) is 8.11. The third-order valence-corrected chi connectivity index (χ3v) is 3.91. The van der Waals surface area contributed by atoms with Crippen LogP contribution in [0.25, 0.3) is 0 Å². The van der Waals surface area contributed by atoms with Crippen LogP contribution in [0.1, 0.15) is 58.8 Å². The van der Waals surface area contributed by atoms with Crippen molar-refractivity contribution in [2.75, 3.05) is 7.05 Å². The summed E-state index contributed by atoms with van der Waals surface area (Å²) in [6, 6.07) is 0. The second-order valence-electron chi connectivity index (χ2n) is 5.84. The molecule has 0 amide bonds. The van der Waals surface area contributed by atoms with Crippen molar-refractivity contribution in [1.29, 1.82) is 0 Å². The van der Waals surface area contributed by atoms with Crippen molar-refractivity contribution in [3.8, 4) is 0 Å². The number of hydrogen-bond acceptors (Lipinski definition) is 4. The maximum absolute atomic E-state index is 12.1. The molecule has 0 aromatic heterocycles. The molecule has 0 saturated carbocycles. The molecule has 0 saturated heterocycles. The third-order valence-electron chi connectivity index (χ3n) is 3.91. The Hall–Kier alpha value is -1.71. The standard InChI is InChI=1S/C18H27NO3/c1-5-6-7-8-9-10-17(20)22-18(21)15-12-16(19-4)14(3)11-13(15)2/h12-13H,3,5-11H2,1-2,4H3. The fourth-order valence-corrected chi connectivity index (χ4v) is 2.54. The van der Waals surface area contributed by atoms with Crippen molar-refractivity contribution in [3.63, 3.8) is 0 Å². The number of unbranched alkanes of at least 4 members (excludes halogenated alkanes) is 4. The zero-order chi connectivity index (χ0) is 16.5. The SMILES string of the molecule is C=C1CC(C)C(C(=O)OC(=O)CCCCCCC)=CC1=NC. The van der Waals surface area contributed by atoms with Gasteiger partial charge in [-0.25, -0.2) is 4.79 Å². The monoisotopic (exact) mass is 305 g/mol. The van der Waals surface area contributed by atoms with Crippen LogP contribution >= 0.6 is 0 Å². The molecule has 1 aliphatic rings. The second-order valence-corrected chi connectivity index (χ2v) is 5.84. The molecule has 0 bridgehead atoms. The summed E-state index contributed by atoms with van der Waals surface area (Å²) in [5.74, 6) is -0.975. The molecule has 1 atom stereocenters. The molecule has 1 rings (SSSR count). The van der Waals surface area contributed by atoms with Crippen molar-refractivity contribution < 1.29 is 14.3 Å². The molecule has 0 spiro atoms. The van der Waals surface area contributed by atoms with E-state index in [1.165, 1.54) is 12.8 Å². The summed E-state index contributed by atoms with van der Waals surface area (Å²) in [4.78, 5) is 28.0. The number of esters is 2. The smallest absolute Gasteiger partial charge is 0.342 e. The molecule has 0 aromatic carbocycles. The number of carbonyl (C=O) groups excluding carboxylic acids is 2. The van der Waals surface area contributed by atoms with Crippen LogP contribution < -0.4 is 0 Å². The van der Waals surface area contributed by atoms with Crippen molar-refractivity contribution in [3.05, 3.63) is 23.8 Å². The van der Waals surface area contributed by atoms with E-state index in [0.29, 0.717) is 24.1 Å². The quantitative estimate of drug-likeness (QED) is 0.405. The average Bonchev–Trinajstić information content (AvgIpc) is 2.47. The van der Waals surface area contributed by atoms with Crippen LogP contribution in [0, 0.1) is 5.92 Å². The Kier molecular flexibility index (Phi) is 7.78. The van der Waals surface area contributed by atoms with Gasteiger partial charge in [0.1, 0.15) is 0 Å². The van der Waals surface area contributed by atoms with Crippen LogP contribution in [-0.4, -0.2) is 24.7 Å². The first-order chi connectivity index (χ1) is 10.5. The lowest BCUT2D eigenvalue weighted by molar-refractivity contribution is -0.157. The average molecular weight is 305 g/mol. The first kappa shape index (κ1) is 18.3. The molecule has 0 fully saturated rings. The van der Waals surface area contributed by atoms with Gasteiger partial charge in [-0.05, 0) is 30.4 Å². The summed E-state index contributed by atoms with van der Waals surface area (Å²) in [5.41, 5.74) is 2.12. The summed E-state index contributed by atoms with van der Waals surface area (Å²) in [6.45, 7) is 8.02. The molecule has 0 aliphatic heterocycles. The molecule has 0 heterocycles. The minimum atomic E-state index is -0.542. The maximum atomic E-state index is 12.1. The van der Waals surface area contributed by atoms with Crippen molar-refractivity contribution in [1.82, 2.24) is 0 Å². The van der Waals surface area contributed by atoms with E-state index in [1.54, 1.807) is 13.1 Å². The lowest BCUT2D eigenvalue weighted by atomic mass is 9.85. The van der Waals surface area contributed by atoms with Gasteiger partial charge in [-0.2, -0.15) is 0 Å². The predicted molar refractivity (Wildman–Crippen MR) is 88.8 cm³/mol. The largest absolute Gasteiger partial charge is 0.390 e. The molecular weight excluding hydrogens is 278 g/mol. The van der Waals surface area contributed by atoms with E-state index in [9.17, 15) is 9.59 Å². The van der Waals surface area contributed by atoms with E-state index in [4.69, 9.17) is 4.74 Å². The minimum absolute atomic E-state index is 0.00264. The second kappa shape index (κ2) is 9.34. The normalized spacial score (nSPS) is 20.0. The summed E-state index contributed by atoms with van der Waals surface area (Å²) in [5, 5.41) is 0. The van der Waals surface area contributed by atoms with Crippen LogP contribution in [-0.2, 0) is 14.3 Å². The maximum Gasteiger partial charge on any atom is 0.342 e. The topological polar surface area (TPSA) is 55.7 Å². The van der Waals surface area contributed by atoms with Crippen LogP contribution in [0.5, 0.6) is 0 Å². The van der Waals surface area contributed by atoms with E-state index in [1.807, 2.05) is 6.92 Å². The number of ether oxygens (including phenoxy) is 1. The van der Waals surface area contributed by atoms with Gasteiger partial charge in [0, 0.05) is 19.0 Å². The fourth-order valence-electron chi connectivity index (χ4n) is 2.54. The molecule has 0 radical (unpaired) electrons. The number of rotatable bonds is 7. The molecule has 122 valence electrons.